The van der Waals surface area contributed by atoms with Gasteiger partial charge in [-0.3, -0.25) is 14.8 Å². The number of ether oxygens (including phenoxy) is 2. The first kappa shape index (κ1) is 23.0. The molecule has 0 radical (unpaired) electrons. The smallest absolute Gasteiger partial charge is 0.145 e. The van der Waals surface area contributed by atoms with Gasteiger partial charge in [0.15, 0.2) is 0 Å². The molecule has 0 saturated carbocycles. The van der Waals surface area contributed by atoms with Crippen LogP contribution < -0.4 is 10.6 Å². The molecule has 2 aromatic rings. The Kier molecular flexibility index (Phi) is 7.35. The molecule has 0 amide bonds. The van der Waals surface area contributed by atoms with Crippen molar-refractivity contribution in [2.24, 2.45) is 5.92 Å². The summed E-state index contributed by atoms with van der Waals surface area (Å²) in [6.07, 6.45) is 7.08. The van der Waals surface area contributed by atoms with Crippen molar-refractivity contribution in [2.75, 3.05) is 38.2 Å². The number of hydrogen-bond donors (Lipinski definition) is 2. The summed E-state index contributed by atoms with van der Waals surface area (Å²) in [5.41, 5.74) is 1.72. The van der Waals surface area contributed by atoms with Crippen LogP contribution >= 0.6 is 11.6 Å². The van der Waals surface area contributed by atoms with Gasteiger partial charge >= 0.3 is 0 Å². The zero-order valence-corrected chi connectivity index (χ0v) is 19.3. The van der Waals surface area contributed by atoms with Crippen LogP contribution in [0, 0.1) is 5.92 Å². The third-order valence-electron chi connectivity index (χ3n) is 5.68. The molecule has 2 saturated heterocycles. The van der Waals surface area contributed by atoms with Gasteiger partial charge in [0.1, 0.15) is 11.6 Å². The van der Waals surface area contributed by atoms with Gasteiger partial charge < -0.3 is 20.1 Å². The second kappa shape index (κ2) is 10.2. The standard InChI is InChI=1S/C23H30ClN5O3/c1-23(2)14-31-13-17(32-23)9-28-22-12-26-11-20(29-22)18-6-16(27-10-19(18)24)7-21(30)15-4-3-5-25-8-15/h6,10-12,15,17,25H,3-5,7-9,13-14H2,1-2H3,(H,28,29)/t15-,17+/m1/s1. The lowest BCUT2D eigenvalue weighted by Crippen LogP contribution is -2.45. The van der Waals surface area contributed by atoms with Crippen molar-refractivity contribution in [2.45, 2.75) is 44.8 Å². The maximum atomic E-state index is 12.7. The van der Waals surface area contributed by atoms with E-state index in [1.807, 2.05) is 19.9 Å². The summed E-state index contributed by atoms with van der Waals surface area (Å²) in [6.45, 7) is 7.42. The first-order valence-corrected chi connectivity index (χ1v) is 11.5. The molecule has 2 aromatic heterocycles. The lowest BCUT2D eigenvalue weighted by molar-refractivity contribution is -0.177. The minimum absolute atomic E-state index is 0.0490. The van der Waals surface area contributed by atoms with Crippen molar-refractivity contribution in [1.82, 2.24) is 20.3 Å². The molecule has 8 nitrogen and oxygen atoms in total. The van der Waals surface area contributed by atoms with E-state index in [2.05, 4.69) is 25.6 Å². The van der Waals surface area contributed by atoms with Gasteiger partial charge in [-0.1, -0.05) is 11.6 Å². The molecule has 2 N–H and O–H groups in total. The number of halogens is 1. The molecule has 2 fully saturated rings. The van der Waals surface area contributed by atoms with E-state index < -0.39 is 0 Å². The van der Waals surface area contributed by atoms with E-state index in [0.29, 0.717) is 47.6 Å². The van der Waals surface area contributed by atoms with Crippen LogP contribution in [0.2, 0.25) is 5.02 Å². The highest BCUT2D eigenvalue weighted by atomic mass is 35.5. The Balaban J connectivity index is 1.43. The van der Waals surface area contributed by atoms with E-state index in [1.165, 1.54) is 0 Å². The Morgan fingerprint density at radius 2 is 2.22 bits per heavy atom. The van der Waals surface area contributed by atoms with Gasteiger partial charge in [-0.05, 0) is 39.3 Å². The number of piperidine rings is 1. The van der Waals surface area contributed by atoms with E-state index in [9.17, 15) is 4.79 Å². The van der Waals surface area contributed by atoms with Crippen molar-refractivity contribution >= 4 is 23.2 Å². The van der Waals surface area contributed by atoms with Crippen molar-refractivity contribution in [3.05, 3.63) is 35.4 Å². The average molecular weight is 460 g/mol. The van der Waals surface area contributed by atoms with Crippen LogP contribution in [0.25, 0.3) is 11.3 Å². The fourth-order valence-electron chi connectivity index (χ4n) is 4.08. The van der Waals surface area contributed by atoms with Crippen LogP contribution in [0.3, 0.4) is 0 Å². The fourth-order valence-corrected chi connectivity index (χ4v) is 4.28. The summed E-state index contributed by atoms with van der Waals surface area (Å²) in [6, 6.07) is 1.84. The second-order valence-corrected chi connectivity index (χ2v) is 9.43. The summed E-state index contributed by atoms with van der Waals surface area (Å²) < 4.78 is 11.7. The number of pyridine rings is 1. The summed E-state index contributed by atoms with van der Waals surface area (Å²) in [5.74, 6) is 0.873. The summed E-state index contributed by atoms with van der Waals surface area (Å²) >= 11 is 6.42. The van der Waals surface area contributed by atoms with Crippen molar-refractivity contribution in [3.63, 3.8) is 0 Å². The Labute approximate surface area is 193 Å². The largest absolute Gasteiger partial charge is 0.376 e. The highest BCUT2D eigenvalue weighted by molar-refractivity contribution is 6.33. The van der Waals surface area contributed by atoms with Gasteiger partial charge in [-0.25, -0.2) is 4.98 Å². The minimum Gasteiger partial charge on any atom is -0.376 e. The molecular formula is C23H30ClN5O3. The molecule has 2 aliphatic rings. The van der Waals surface area contributed by atoms with Gasteiger partial charge in [0.25, 0.3) is 0 Å². The Bertz CT molecular complexity index is 949. The minimum atomic E-state index is -0.301. The normalized spacial score (nSPS) is 23.0. The number of carbonyl (C=O) groups excluding carboxylic acids is 1. The monoisotopic (exact) mass is 459 g/mol. The number of nitrogens with zero attached hydrogens (tertiary/aromatic N) is 3. The van der Waals surface area contributed by atoms with Gasteiger partial charge in [0.05, 0.1) is 48.0 Å². The number of ketones is 1. The first-order valence-electron chi connectivity index (χ1n) is 11.1. The van der Waals surface area contributed by atoms with Crippen LogP contribution in [-0.2, 0) is 20.7 Å². The third kappa shape index (κ3) is 6.01. The summed E-state index contributed by atoms with van der Waals surface area (Å²) in [7, 11) is 0. The molecule has 0 spiro atoms. The predicted octanol–water partition coefficient (Wildman–Crippen LogP) is 2.91. The Morgan fingerprint density at radius 3 is 3.00 bits per heavy atom. The second-order valence-electron chi connectivity index (χ2n) is 9.03. The first-order chi connectivity index (χ1) is 15.4. The van der Waals surface area contributed by atoms with Gasteiger partial charge in [0.2, 0.25) is 0 Å². The summed E-state index contributed by atoms with van der Waals surface area (Å²) in [5, 5.41) is 7.03. The number of Topliss-reactive ketones (excluding diaryl/α,β-unsaturated/α-hetero) is 1. The zero-order valence-electron chi connectivity index (χ0n) is 18.6. The number of carbonyl (C=O) groups is 1. The SMILES string of the molecule is CC1(C)COC[C@H](CNc2cncc(-c3cc(CC(=O)[C@@H]4CCCNC4)ncc3Cl)n2)O1. The number of aromatic nitrogens is 3. The average Bonchev–Trinajstić information content (AvgIpc) is 2.79. The van der Waals surface area contributed by atoms with Crippen LogP contribution in [0.1, 0.15) is 32.4 Å². The van der Waals surface area contributed by atoms with E-state index in [0.717, 1.165) is 25.9 Å². The Morgan fingerprint density at radius 1 is 1.34 bits per heavy atom. The van der Waals surface area contributed by atoms with Gasteiger partial charge in [0, 0.05) is 42.9 Å². The van der Waals surface area contributed by atoms with Crippen LogP contribution in [0.4, 0.5) is 5.82 Å². The molecule has 0 aromatic carbocycles. The van der Waals surface area contributed by atoms with Crippen LogP contribution in [-0.4, -0.2) is 65.3 Å². The van der Waals surface area contributed by atoms with Crippen molar-refractivity contribution < 1.29 is 14.3 Å². The predicted molar refractivity (Wildman–Crippen MR) is 123 cm³/mol. The van der Waals surface area contributed by atoms with E-state index >= 15 is 0 Å². The molecular weight excluding hydrogens is 430 g/mol. The number of hydrogen-bond acceptors (Lipinski definition) is 8. The molecule has 4 rings (SSSR count). The molecule has 32 heavy (non-hydrogen) atoms. The fraction of sp³-hybridized carbons (Fsp3) is 0.565. The maximum absolute atomic E-state index is 12.7. The maximum Gasteiger partial charge on any atom is 0.145 e. The highest BCUT2D eigenvalue weighted by Gasteiger charge is 2.29. The van der Waals surface area contributed by atoms with Crippen LogP contribution in [0.5, 0.6) is 0 Å². The molecule has 2 atom stereocenters. The zero-order chi connectivity index (χ0) is 22.6. The Hall–Kier alpha value is -2.13. The van der Waals surface area contributed by atoms with Gasteiger partial charge in [-0.15, -0.1) is 0 Å². The highest BCUT2D eigenvalue weighted by Crippen LogP contribution is 2.27. The molecule has 172 valence electrons. The lowest BCUT2D eigenvalue weighted by atomic mass is 9.92. The van der Waals surface area contributed by atoms with E-state index in [-0.39, 0.29) is 29.8 Å². The van der Waals surface area contributed by atoms with E-state index in [1.54, 1.807) is 18.6 Å². The van der Waals surface area contributed by atoms with Crippen molar-refractivity contribution in [3.8, 4) is 11.3 Å². The number of nitrogens with one attached hydrogen (secondary N) is 2. The third-order valence-corrected chi connectivity index (χ3v) is 5.98. The van der Waals surface area contributed by atoms with E-state index in [4.69, 9.17) is 21.1 Å². The molecule has 2 aliphatic heterocycles. The molecule has 0 unspecified atom stereocenters. The number of rotatable bonds is 7. The number of anilines is 1. The van der Waals surface area contributed by atoms with Crippen LogP contribution in [0.15, 0.2) is 24.7 Å². The van der Waals surface area contributed by atoms with Gasteiger partial charge in [-0.2, -0.15) is 0 Å². The molecule has 0 aliphatic carbocycles. The topological polar surface area (TPSA) is 98.3 Å². The molecule has 4 heterocycles. The lowest BCUT2D eigenvalue weighted by Gasteiger charge is -2.35. The molecule has 9 heteroatoms. The summed E-state index contributed by atoms with van der Waals surface area (Å²) in [4.78, 5) is 26.0. The quantitative estimate of drug-likeness (QED) is 0.652. The van der Waals surface area contributed by atoms with Crippen molar-refractivity contribution in [1.29, 1.82) is 0 Å². The molecule has 0 bridgehead atoms.